The molecule has 3 aromatic rings. The summed E-state index contributed by atoms with van der Waals surface area (Å²) in [5.41, 5.74) is 1.51. The third-order valence-electron chi connectivity index (χ3n) is 3.35. The van der Waals surface area contributed by atoms with Crippen molar-refractivity contribution in [3.05, 3.63) is 66.1 Å². The largest absolute Gasteiger partial charge is 0.352 e. The van der Waals surface area contributed by atoms with Gasteiger partial charge in [0.05, 0.1) is 0 Å². The first-order valence-electron chi connectivity index (χ1n) is 7.45. The maximum atomic E-state index is 13.1. The second kappa shape index (κ2) is 7.45. The molecule has 0 saturated carbocycles. The molecule has 0 aliphatic carbocycles. The summed E-state index contributed by atoms with van der Waals surface area (Å²) in [5.74, 6) is 0.370. The molecule has 0 saturated heterocycles. The Morgan fingerprint density at radius 1 is 1.21 bits per heavy atom. The van der Waals surface area contributed by atoms with Crippen LogP contribution in [0.2, 0.25) is 0 Å². The molecule has 6 nitrogen and oxygen atoms in total. The quantitative estimate of drug-likeness (QED) is 0.753. The second-order valence-electron chi connectivity index (χ2n) is 5.15. The van der Waals surface area contributed by atoms with Gasteiger partial charge >= 0.3 is 0 Å². The van der Waals surface area contributed by atoms with Crippen LogP contribution in [0.1, 0.15) is 17.9 Å². The fourth-order valence-electron chi connectivity index (χ4n) is 2.13. The zero-order valence-electron chi connectivity index (χ0n) is 12.8. The summed E-state index contributed by atoms with van der Waals surface area (Å²) < 4.78 is 18.2. The minimum atomic E-state index is -0.323. The van der Waals surface area contributed by atoms with Gasteiger partial charge in [0.25, 0.3) is 0 Å². The van der Waals surface area contributed by atoms with Gasteiger partial charge in [-0.3, -0.25) is 9.78 Å². The van der Waals surface area contributed by atoms with Gasteiger partial charge in [-0.15, -0.1) is 0 Å². The molecule has 0 radical (unpaired) electrons. The van der Waals surface area contributed by atoms with E-state index in [4.69, 9.17) is 4.52 Å². The van der Waals surface area contributed by atoms with Crippen LogP contribution in [-0.2, 0) is 17.8 Å². The number of carbonyl (C=O) groups excluding carboxylic acids is 1. The maximum absolute atomic E-state index is 13.1. The predicted molar refractivity (Wildman–Crippen MR) is 84.1 cm³/mol. The number of aryl methyl sites for hydroxylation is 1. The number of hydrogen-bond acceptors (Lipinski definition) is 5. The molecule has 24 heavy (non-hydrogen) atoms. The number of rotatable bonds is 6. The molecule has 0 atom stereocenters. The van der Waals surface area contributed by atoms with Gasteiger partial charge in [0, 0.05) is 37.3 Å². The van der Waals surface area contributed by atoms with Crippen molar-refractivity contribution in [1.29, 1.82) is 0 Å². The highest BCUT2D eigenvalue weighted by atomic mass is 19.1. The summed E-state index contributed by atoms with van der Waals surface area (Å²) in [6.45, 7) is 0.280. The number of amides is 1. The average molecular weight is 326 g/mol. The van der Waals surface area contributed by atoms with Crippen LogP contribution in [0.15, 0.2) is 53.3 Å². The van der Waals surface area contributed by atoms with Gasteiger partial charge in [-0.25, -0.2) is 4.39 Å². The van der Waals surface area contributed by atoms with Crippen LogP contribution in [0.5, 0.6) is 0 Å². The molecule has 2 aromatic heterocycles. The Bertz CT molecular complexity index is 820. The van der Waals surface area contributed by atoms with Crippen molar-refractivity contribution in [3.8, 4) is 11.4 Å². The van der Waals surface area contributed by atoms with Crippen molar-refractivity contribution in [2.75, 3.05) is 0 Å². The number of nitrogens with zero attached hydrogens (tertiary/aromatic N) is 3. The average Bonchev–Trinajstić information content (AvgIpc) is 3.08. The molecule has 122 valence electrons. The Morgan fingerprint density at radius 2 is 2.04 bits per heavy atom. The summed E-state index contributed by atoms with van der Waals surface area (Å²) in [5, 5.41) is 6.61. The Kier molecular flexibility index (Phi) is 4.90. The van der Waals surface area contributed by atoms with Crippen molar-refractivity contribution in [2.45, 2.75) is 19.4 Å². The van der Waals surface area contributed by atoms with Crippen molar-refractivity contribution in [2.24, 2.45) is 0 Å². The monoisotopic (exact) mass is 326 g/mol. The first-order valence-corrected chi connectivity index (χ1v) is 7.45. The topological polar surface area (TPSA) is 80.9 Å². The molecule has 0 bridgehead atoms. The molecule has 0 aliphatic rings. The number of hydrogen-bond donors (Lipinski definition) is 1. The van der Waals surface area contributed by atoms with Crippen molar-refractivity contribution in [1.82, 2.24) is 20.4 Å². The number of nitrogens with one attached hydrogen (secondary N) is 1. The van der Waals surface area contributed by atoms with Crippen molar-refractivity contribution >= 4 is 5.91 Å². The third-order valence-corrected chi connectivity index (χ3v) is 3.35. The van der Waals surface area contributed by atoms with Crippen LogP contribution in [0.4, 0.5) is 4.39 Å². The predicted octanol–water partition coefficient (Wildman–Crippen LogP) is 2.52. The maximum Gasteiger partial charge on any atom is 0.227 e. The summed E-state index contributed by atoms with van der Waals surface area (Å²) in [7, 11) is 0. The van der Waals surface area contributed by atoms with E-state index >= 15 is 0 Å². The highest BCUT2D eigenvalue weighted by Gasteiger charge is 2.10. The minimum Gasteiger partial charge on any atom is -0.352 e. The van der Waals surface area contributed by atoms with Gasteiger partial charge in [-0.2, -0.15) is 4.98 Å². The summed E-state index contributed by atoms with van der Waals surface area (Å²) >= 11 is 0. The molecule has 7 heteroatoms. The van der Waals surface area contributed by atoms with E-state index in [0.29, 0.717) is 23.7 Å². The Balaban J connectivity index is 1.49. The van der Waals surface area contributed by atoms with E-state index in [2.05, 4.69) is 20.4 Å². The number of pyridine rings is 1. The smallest absolute Gasteiger partial charge is 0.227 e. The van der Waals surface area contributed by atoms with Gasteiger partial charge in [-0.05, 0) is 29.8 Å². The zero-order valence-corrected chi connectivity index (χ0v) is 12.8. The lowest BCUT2D eigenvalue weighted by molar-refractivity contribution is -0.121. The lowest BCUT2D eigenvalue weighted by Crippen LogP contribution is -2.23. The zero-order chi connectivity index (χ0) is 16.8. The number of aromatic nitrogens is 3. The third kappa shape index (κ3) is 4.22. The van der Waals surface area contributed by atoms with Crippen LogP contribution in [0, 0.1) is 5.82 Å². The van der Waals surface area contributed by atoms with E-state index in [1.54, 1.807) is 36.7 Å². The Labute approximate surface area is 137 Å². The summed E-state index contributed by atoms with van der Waals surface area (Å²) in [4.78, 5) is 20.0. The van der Waals surface area contributed by atoms with Crippen LogP contribution in [-0.4, -0.2) is 21.0 Å². The molecule has 0 unspecified atom stereocenters. The van der Waals surface area contributed by atoms with Crippen LogP contribution in [0.25, 0.3) is 11.4 Å². The highest BCUT2D eigenvalue weighted by molar-refractivity contribution is 5.76. The van der Waals surface area contributed by atoms with Gasteiger partial charge in [0.1, 0.15) is 5.82 Å². The fraction of sp³-hybridized carbons (Fsp3) is 0.176. The van der Waals surface area contributed by atoms with Gasteiger partial charge in [0.2, 0.25) is 17.6 Å². The van der Waals surface area contributed by atoms with Crippen molar-refractivity contribution < 1.29 is 13.7 Å². The van der Waals surface area contributed by atoms with Crippen LogP contribution < -0.4 is 5.32 Å². The van der Waals surface area contributed by atoms with Gasteiger partial charge in [-0.1, -0.05) is 17.3 Å². The first-order chi connectivity index (χ1) is 11.7. The number of benzene rings is 1. The van der Waals surface area contributed by atoms with E-state index in [1.807, 2.05) is 0 Å². The van der Waals surface area contributed by atoms with Crippen LogP contribution in [0.3, 0.4) is 0 Å². The summed E-state index contributed by atoms with van der Waals surface area (Å²) in [6.07, 6.45) is 3.84. The van der Waals surface area contributed by atoms with E-state index in [1.165, 1.54) is 12.1 Å². The molecule has 1 amide bonds. The normalized spacial score (nSPS) is 10.5. The standard InChI is InChI=1S/C17H15FN4O2/c18-14-3-1-2-12(10-14)11-20-15(23)4-5-16-21-17(22-24-16)13-6-8-19-9-7-13/h1-3,6-10H,4-5,11H2,(H,20,23). The molecule has 0 aliphatic heterocycles. The lowest BCUT2D eigenvalue weighted by Gasteiger charge is -2.04. The molecule has 0 spiro atoms. The van der Waals surface area contributed by atoms with Crippen molar-refractivity contribution in [3.63, 3.8) is 0 Å². The molecule has 1 N–H and O–H groups in total. The SMILES string of the molecule is O=C(CCc1nc(-c2ccncc2)no1)NCc1cccc(F)c1. The number of carbonyl (C=O) groups is 1. The first kappa shape index (κ1) is 15.8. The van der Waals surface area contributed by atoms with Gasteiger partial charge in [0.15, 0.2) is 0 Å². The molecule has 0 fully saturated rings. The fourth-order valence-corrected chi connectivity index (χ4v) is 2.13. The molecular weight excluding hydrogens is 311 g/mol. The lowest BCUT2D eigenvalue weighted by atomic mass is 10.2. The Morgan fingerprint density at radius 3 is 2.83 bits per heavy atom. The van der Waals surface area contributed by atoms with E-state index in [0.717, 1.165) is 5.56 Å². The molecular formula is C17H15FN4O2. The van der Waals surface area contributed by atoms with E-state index in [9.17, 15) is 9.18 Å². The Hall–Kier alpha value is -3.09. The molecule has 2 heterocycles. The minimum absolute atomic E-state index is 0.164. The summed E-state index contributed by atoms with van der Waals surface area (Å²) in [6, 6.07) is 9.67. The van der Waals surface area contributed by atoms with E-state index < -0.39 is 0 Å². The second-order valence-corrected chi connectivity index (χ2v) is 5.15. The van der Waals surface area contributed by atoms with Crippen LogP contribution >= 0.6 is 0 Å². The molecule has 1 aromatic carbocycles. The molecule has 3 rings (SSSR count). The van der Waals surface area contributed by atoms with E-state index in [-0.39, 0.29) is 24.7 Å². The highest BCUT2D eigenvalue weighted by Crippen LogP contribution is 2.14. The van der Waals surface area contributed by atoms with Gasteiger partial charge < -0.3 is 9.84 Å². The number of halogens is 1.